The smallest absolute Gasteiger partial charge is 0.119 e. The molecule has 1 unspecified atom stereocenters. The second-order valence-corrected chi connectivity index (χ2v) is 4.03. The van der Waals surface area contributed by atoms with Gasteiger partial charge in [0.25, 0.3) is 0 Å². The fourth-order valence-corrected chi connectivity index (χ4v) is 2.23. The van der Waals surface area contributed by atoms with Crippen LogP contribution in [-0.4, -0.2) is 18.2 Å². The average molecular weight is 206 g/mol. The van der Waals surface area contributed by atoms with Gasteiger partial charge < -0.3 is 16.2 Å². The van der Waals surface area contributed by atoms with Crippen molar-refractivity contribution in [2.45, 2.75) is 25.3 Å². The number of hydrogen-bond acceptors (Lipinski definition) is 3. The summed E-state index contributed by atoms with van der Waals surface area (Å²) in [5.41, 5.74) is 7.82. The SMILES string of the molecule is NCCCNC1CCc2c(O)cccc21. The Kier molecular flexibility index (Phi) is 3.23. The van der Waals surface area contributed by atoms with Crippen LogP contribution < -0.4 is 11.1 Å². The molecule has 2 rings (SSSR count). The third kappa shape index (κ3) is 2.13. The summed E-state index contributed by atoms with van der Waals surface area (Å²) in [4.78, 5) is 0. The molecule has 0 fully saturated rings. The zero-order valence-corrected chi connectivity index (χ0v) is 8.87. The Labute approximate surface area is 90.3 Å². The van der Waals surface area contributed by atoms with Crippen molar-refractivity contribution in [3.05, 3.63) is 29.3 Å². The summed E-state index contributed by atoms with van der Waals surface area (Å²) in [5.74, 6) is 0.440. The second kappa shape index (κ2) is 4.64. The van der Waals surface area contributed by atoms with Crippen LogP contribution in [0.4, 0.5) is 0 Å². The number of hydrogen-bond donors (Lipinski definition) is 3. The van der Waals surface area contributed by atoms with Gasteiger partial charge in [-0.15, -0.1) is 0 Å². The highest BCUT2D eigenvalue weighted by atomic mass is 16.3. The summed E-state index contributed by atoms with van der Waals surface area (Å²) >= 11 is 0. The molecule has 0 spiro atoms. The van der Waals surface area contributed by atoms with Crippen LogP contribution >= 0.6 is 0 Å². The predicted molar refractivity (Wildman–Crippen MR) is 60.8 cm³/mol. The van der Waals surface area contributed by atoms with E-state index in [1.54, 1.807) is 6.07 Å². The maximum atomic E-state index is 9.67. The molecule has 3 heteroatoms. The molecular formula is C12H18N2O. The molecule has 0 aromatic heterocycles. The predicted octanol–water partition coefficient (Wildman–Crippen LogP) is 1.32. The molecule has 0 radical (unpaired) electrons. The molecule has 1 aromatic rings. The molecule has 1 aliphatic rings. The maximum absolute atomic E-state index is 9.67. The van der Waals surface area contributed by atoms with Gasteiger partial charge in [-0.1, -0.05) is 12.1 Å². The highest BCUT2D eigenvalue weighted by molar-refractivity contribution is 5.44. The van der Waals surface area contributed by atoms with Crippen LogP contribution in [0.15, 0.2) is 18.2 Å². The summed E-state index contributed by atoms with van der Waals surface area (Å²) in [6.07, 6.45) is 3.06. The molecule has 0 amide bonds. The summed E-state index contributed by atoms with van der Waals surface area (Å²) in [7, 11) is 0. The third-order valence-corrected chi connectivity index (χ3v) is 3.02. The van der Waals surface area contributed by atoms with E-state index >= 15 is 0 Å². The quantitative estimate of drug-likeness (QED) is 0.651. The van der Waals surface area contributed by atoms with E-state index in [0.717, 1.165) is 37.9 Å². The minimum Gasteiger partial charge on any atom is -0.508 e. The van der Waals surface area contributed by atoms with Crippen LogP contribution in [0.3, 0.4) is 0 Å². The van der Waals surface area contributed by atoms with Crippen molar-refractivity contribution < 1.29 is 5.11 Å². The van der Waals surface area contributed by atoms with Gasteiger partial charge in [0, 0.05) is 6.04 Å². The van der Waals surface area contributed by atoms with Gasteiger partial charge in [0.05, 0.1) is 0 Å². The van der Waals surface area contributed by atoms with Crippen LogP contribution in [0.1, 0.15) is 30.0 Å². The lowest BCUT2D eigenvalue weighted by atomic mass is 10.1. The van der Waals surface area contributed by atoms with E-state index in [0.29, 0.717) is 11.8 Å². The van der Waals surface area contributed by atoms with Crippen molar-refractivity contribution in [1.29, 1.82) is 0 Å². The number of rotatable bonds is 4. The summed E-state index contributed by atoms with van der Waals surface area (Å²) < 4.78 is 0. The van der Waals surface area contributed by atoms with Crippen LogP contribution in [-0.2, 0) is 6.42 Å². The molecule has 0 saturated carbocycles. The van der Waals surface area contributed by atoms with Gasteiger partial charge in [0.2, 0.25) is 0 Å². The first-order valence-corrected chi connectivity index (χ1v) is 5.57. The van der Waals surface area contributed by atoms with E-state index in [-0.39, 0.29) is 0 Å². The standard InChI is InChI=1S/C12H18N2O/c13-7-2-8-14-11-6-5-10-9(11)3-1-4-12(10)15/h1,3-4,11,14-15H,2,5-8,13H2. The Morgan fingerprint density at radius 1 is 1.47 bits per heavy atom. The Morgan fingerprint density at radius 3 is 3.13 bits per heavy atom. The molecule has 4 N–H and O–H groups in total. The van der Waals surface area contributed by atoms with E-state index in [1.165, 1.54) is 5.56 Å². The molecule has 1 atom stereocenters. The lowest BCUT2D eigenvalue weighted by Gasteiger charge is -2.13. The number of phenolic OH excluding ortho intramolecular Hbond substituents is 1. The number of nitrogens with two attached hydrogens (primary N) is 1. The molecule has 82 valence electrons. The topological polar surface area (TPSA) is 58.3 Å². The first-order chi connectivity index (χ1) is 7.33. The van der Waals surface area contributed by atoms with Crippen LogP contribution in [0.2, 0.25) is 0 Å². The molecule has 0 aliphatic heterocycles. The Morgan fingerprint density at radius 2 is 2.33 bits per heavy atom. The summed E-state index contributed by atoms with van der Waals surface area (Å²) in [5, 5.41) is 13.1. The number of fused-ring (bicyclic) bond motifs is 1. The number of phenols is 1. The minimum absolute atomic E-state index is 0.402. The van der Waals surface area contributed by atoms with Gasteiger partial charge >= 0.3 is 0 Å². The molecule has 1 aliphatic carbocycles. The monoisotopic (exact) mass is 206 g/mol. The lowest BCUT2D eigenvalue weighted by Crippen LogP contribution is -2.22. The molecule has 0 heterocycles. The summed E-state index contributed by atoms with van der Waals surface area (Å²) in [6.45, 7) is 1.68. The fourth-order valence-electron chi connectivity index (χ4n) is 2.23. The van der Waals surface area contributed by atoms with Crippen molar-refractivity contribution in [1.82, 2.24) is 5.32 Å². The van der Waals surface area contributed by atoms with Crippen molar-refractivity contribution in [3.8, 4) is 5.75 Å². The fraction of sp³-hybridized carbons (Fsp3) is 0.500. The maximum Gasteiger partial charge on any atom is 0.119 e. The van der Waals surface area contributed by atoms with Gasteiger partial charge in [-0.2, -0.15) is 0 Å². The lowest BCUT2D eigenvalue weighted by molar-refractivity contribution is 0.469. The average Bonchev–Trinajstić information content (AvgIpc) is 2.64. The highest BCUT2D eigenvalue weighted by Crippen LogP contribution is 2.35. The van der Waals surface area contributed by atoms with Gasteiger partial charge in [-0.05, 0) is 49.5 Å². The van der Waals surface area contributed by atoms with Crippen molar-refractivity contribution in [2.24, 2.45) is 5.73 Å². The van der Waals surface area contributed by atoms with E-state index in [1.807, 2.05) is 6.07 Å². The van der Waals surface area contributed by atoms with Gasteiger partial charge in [-0.25, -0.2) is 0 Å². The highest BCUT2D eigenvalue weighted by Gasteiger charge is 2.23. The minimum atomic E-state index is 0.402. The first kappa shape index (κ1) is 10.5. The van der Waals surface area contributed by atoms with E-state index in [2.05, 4.69) is 11.4 Å². The molecule has 1 aromatic carbocycles. The normalized spacial score (nSPS) is 19.1. The largest absolute Gasteiger partial charge is 0.508 e. The summed E-state index contributed by atoms with van der Waals surface area (Å²) in [6, 6.07) is 6.18. The van der Waals surface area contributed by atoms with Gasteiger partial charge in [0.1, 0.15) is 5.75 Å². The molecule has 0 saturated heterocycles. The molecule has 3 nitrogen and oxygen atoms in total. The first-order valence-electron chi connectivity index (χ1n) is 5.57. The van der Waals surface area contributed by atoms with E-state index in [4.69, 9.17) is 5.73 Å². The molecule has 15 heavy (non-hydrogen) atoms. The van der Waals surface area contributed by atoms with Crippen molar-refractivity contribution in [3.63, 3.8) is 0 Å². The molecule has 0 bridgehead atoms. The van der Waals surface area contributed by atoms with Crippen molar-refractivity contribution in [2.75, 3.05) is 13.1 Å². The Balaban J connectivity index is 2.05. The number of nitrogens with one attached hydrogen (secondary N) is 1. The zero-order chi connectivity index (χ0) is 10.7. The Hall–Kier alpha value is -1.06. The van der Waals surface area contributed by atoms with E-state index < -0.39 is 0 Å². The van der Waals surface area contributed by atoms with Gasteiger partial charge in [-0.3, -0.25) is 0 Å². The third-order valence-electron chi connectivity index (χ3n) is 3.02. The second-order valence-electron chi connectivity index (χ2n) is 4.03. The Bertz CT molecular complexity index is 338. The zero-order valence-electron chi connectivity index (χ0n) is 8.87. The van der Waals surface area contributed by atoms with Gasteiger partial charge in [0.15, 0.2) is 0 Å². The number of benzene rings is 1. The van der Waals surface area contributed by atoms with Crippen LogP contribution in [0.25, 0.3) is 0 Å². The van der Waals surface area contributed by atoms with Crippen LogP contribution in [0, 0.1) is 0 Å². The molecular weight excluding hydrogens is 188 g/mol. The van der Waals surface area contributed by atoms with Crippen LogP contribution in [0.5, 0.6) is 5.75 Å². The van der Waals surface area contributed by atoms with E-state index in [9.17, 15) is 5.11 Å². The van der Waals surface area contributed by atoms with Crippen molar-refractivity contribution >= 4 is 0 Å². The number of aromatic hydroxyl groups is 1.